The smallest absolute Gasteiger partial charge is 0.417 e. The van der Waals surface area contributed by atoms with Gasteiger partial charge in [0, 0.05) is 11.4 Å². The number of carbonyl (C=O) groups is 1. The van der Waals surface area contributed by atoms with E-state index in [1.165, 1.54) is 18.9 Å². The summed E-state index contributed by atoms with van der Waals surface area (Å²) < 4.78 is 10.7. The van der Waals surface area contributed by atoms with Gasteiger partial charge in [-0.2, -0.15) is 5.10 Å². The number of ether oxygens (including phenoxy) is 2. The highest BCUT2D eigenvalue weighted by Crippen LogP contribution is 2.28. The molecule has 0 aliphatic heterocycles. The number of benzene rings is 3. The van der Waals surface area contributed by atoms with Crippen LogP contribution in [0.25, 0.3) is 0 Å². The number of amidine groups is 1. The van der Waals surface area contributed by atoms with Crippen LogP contribution in [0.15, 0.2) is 89.1 Å². The van der Waals surface area contributed by atoms with Gasteiger partial charge in [-0.05, 0) is 41.5 Å². The summed E-state index contributed by atoms with van der Waals surface area (Å²) in [6.45, 7) is 0. The average molecular weight is 435 g/mol. The van der Waals surface area contributed by atoms with Gasteiger partial charge >= 0.3 is 6.09 Å². The predicted octanol–water partition coefficient (Wildman–Crippen LogP) is 4.89. The number of anilines is 1. The lowest BCUT2D eigenvalue weighted by molar-refractivity contribution is 0.213. The van der Waals surface area contributed by atoms with Crippen molar-refractivity contribution in [3.05, 3.63) is 90.0 Å². The van der Waals surface area contributed by atoms with Crippen LogP contribution in [-0.4, -0.2) is 24.6 Å². The average Bonchev–Trinajstić information content (AvgIpc) is 2.80. The quantitative estimate of drug-likeness (QED) is 0.313. The van der Waals surface area contributed by atoms with Gasteiger partial charge in [0.1, 0.15) is 0 Å². The summed E-state index contributed by atoms with van der Waals surface area (Å²) in [6, 6.07) is 24.1. The molecule has 8 heteroatoms. The normalized spacial score (nSPS) is 11.3. The largest absolute Gasteiger partial charge is 0.493 e. The first-order valence-corrected chi connectivity index (χ1v) is 10.4. The van der Waals surface area contributed by atoms with Gasteiger partial charge < -0.3 is 15.2 Å². The van der Waals surface area contributed by atoms with Crippen LogP contribution in [0, 0.1) is 0 Å². The molecule has 3 N–H and O–H groups in total. The molecular weight excluding hydrogens is 412 g/mol. The molecule has 3 aromatic rings. The van der Waals surface area contributed by atoms with Gasteiger partial charge in [-0.25, -0.2) is 4.79 Å². The van der Waals surface area contributed by atoms with E-state index >= 15 is 0 Å². The molecule has 158 valence electrons. The molecule has 0 bridgehead atoms. The Kier molecular flexibility index (Phi) is 8.07. The number of nitrogens with zero attached hydrogens (tertiary/aromatic N) is 2. The molecule has 1 amide bonds. The molecule has 0 atom stereocenters. The van der Waals surface area contributed by atoms with Crippen LogP contribution >= 0.6 is 11.8 Å². The van der Waals surface area contributed by atoms with E-state index in [1.54, 1.807) is 36.5 Å². The van der Waals surface area contributed by atoms with Crippen molar-refractivity contribution in [1.29, 1.82) is 0 Å². The molecule has 0 saturated carbocycles. The molecule has 3 rings (SSSR count). The standard InChI is InChI=1S/C23H22N4O3S/c1-29-21-14-18(15-25-27-22(24)31-16-17-8-4-2-5-9-17)12-13-20(21)30-23(28)26-19-10-6-3-7-11-19/h2-15H,16H2,1H3,(H2,24,27)(H,26,28). The number of thioether (sulfide) groups is 1. The van der Waals surface area contributed by atoms with Gasteiger partial charge in [-0.3, -0.25) is 5.32 Å². The van der Waals surface area contributed by atoms with E-state index in [4.69, 9.17) is 15.2 Å². The second-order valence-corrected chi connectivity index (χ2v) is 7.24. The Bertz CT molecular complexity index is 1060. The van der Waals surface area contributed by atoms with E-state index in [-0.39, 0.29) is 5.75 Å². The maximum absolute atomic E-state index is 12.1. The number of rotatable bonds is 7. The molecule has 3 aromatic carbocycles. The molecule has 0 heterocycles. The lowest BCUT2D eigenvalue weighted by atomic mass is 10.2. The van der Waals surface area contributed by atoms with Crippen LogP contribution in [-0.2, 0) is 5.75 Å². The maximum Gasteiger partial charge on any atom is 0.417 e. The van der Waals surface area contributed by atoms with Crippen molar-refractivity contribution in [3.63, 3.8) is 0 Å². The van der Waals surface area contributed by atoms with Crippen molar-refractivity contribution in [2.24, 2.45) is 15.9 Å². The van der Waals surface area contributed by atoms with Crippen molar-refractivity contribution in [3.8, 4) is 11.5 Å². The molecule has 0 radical (unpaired) electrons. The molecule has 0 aromatic heterocycles. The summed E-state index contributed by atoms with van der Waals surface area (Å²) in [5.41, 5.74) is 8.41. The lowest BCUT2D eigenvalue weighted by Crippen LogP contribution is -2.17. The predicted molar refractivity (Wildman–Crippen MR) is 126 cm³/mol. The minimum absolute atomic E-state index is 0.287. The van der Waals surface area contributed by atoms with E-state index in [9.17, 15) is 4.79 Å². The molecule has 0 spiro atoms. The van der Waals surface area contributed by atoms with Crippen LogP contribution in [0.1, 0.15) is 11.1 Å². The van der Waals surface area contributed by atoms with Gasteiger partial charge in [0.15, 0.2) is 16.7 Å². The number of carbonyl (C=O) groups excluding carboxylic acids is 1. The Morgan fingerprint density at radius 3 is 2.45 bits per heavy atom. The monoisotopic (exact) mass is 434 g/mol. The van der Waals surface area contributed by atoms with Crippen LogP contribution in [0.5, 0.6) is 11.5 Å². The minimum Gasteiger partial charge on any atom is -0.493 e. The first kappa shape index (κ1) is 21.9. The zero-order valence-corrected chi connectivity index (χ0v) is 17.7. The zero-order valence-electron chi connectivity index (χ0n) is 16.9. The van der Waals surface area contributed by atoms with E-state index in [0.717, 1.165) is 16.9 Å². The summed E-state index contributed by atoms with van der Waals surface area (Å²) >= 11 is 1.41. The summed E-state index contributed by atoms with van der Waals surface area (Å²) in [7, 11) is 1.49. The fraction of sp³-hybridized carbons (Fsp3) is 0.0870. The third-order valence-corrected chi connectivity index (χ3v) is 4.86. The third kappa shape index (κ3) is 7.20. The first-order chi connectivity index (χ1) is 15.1. The minimum atomic E-state index is -0.612. The number of nitrogens with one attached hydrogen (secondary N) is 1. The number of methoxy groups -OCH3 is 1. The second-order valence-electron chi connectivity index (χ2n) is 6.25. The van der Waals surface area contributed by atoms with Crippen LogP contribution in [0.4, 0.5) is 10.5 Å². The highest BCUT2D eigenvalue weighted by atomic mass is 32.2. The Hall–Kier alpha value is -3.78. The number of hydrogen-bond donors (Lipinski definition) is 2. The highest BCUT2D eigenvalue weighted by Gasteiger charge is 2.10. The van der Waals surface area contributed by atoms with E-state index < -0.39 is 6.09 Å². The summed E-state index contributed by atoms with van der Waals surface area (Å²) in [6.07, 6.45) is 0.936. The van der Waals surface area contributed by atoms with Gasteiger partial charge in [0.2, 0.25) is 0 Å². The third-order valence-electron chi connectivity index (χ3n) is 4.00. The van der Waals surface area contributed by atoms with Crippen molar-refractivity contribution in [2.45, 2.75) is 5.75 Å². The Labute approximate surface area is 185 Å². The fourth-order valence-corrected chi connectivity index (χ4v) is 3.14. The Morgan fingerprint density at radius 2 is 1.74 bits per heavy atom. The van der Waals surface area contributed by atoms with Gasteiger partial charge in [-0.15, -0.1) is 5.10 Å². The topological polar surface area (TPSA) is 98.3 Å². The molecule has 7 nitrogen and oxygen atoms in total. The van der Waals surface area contributed by atoms with Gasteiger partial charge in [0.25, 0.3) is 0 Å². The van der Waals surface area contributed by atoms with Gasteiger partial charge in [-0.1, -0.05) is 60.3 Å². The van der Waals surface area contributed by atoms with Crippen molar-refractivity contribution >= 4 is 34.9 Å². The second kappa shape index (κ2) is 11.4. The van der Waals surface area contributed by atoms with E-state index in [0.29, 0.717) is 16.6 Å². The molecule has 0 fully saturated rings. The van der Waals surface area contributed by atoms with E-state index in [1.807, 2.05) is 48.5 Å². The van der Waals surface area contributed by atoms with Gasteiger partial charge in [0.05, 0.1) is 13.3 Å². The summed E-state index contributed by atoms with van der Waals surface area (Å²) in [5, 5.41) is 11.0. The van der Waals surface area contributed by atoms with Crippen molar-refractivity contribution in [2.75, 3.05) is 12.4 Å². The Balaban J connectivity index is 1.57. The number of amides is 1. The first-order valence-electron chi connectivity index (χ1n) is 9.39. The van der Waals surface area contributed by atoms with E-state index in [2.05, 4.69) is 15.5 Å². The fourth-order valence-electron chi connectivity index (χ4n) is 2.53. The number of para-hydroxylation sites is 1. The molecule has 31 heavy (non-hydrogen) atoms. The molecule has 0 aliphatic carbocycles. The molecule has 0 aliphatic rings. The zero-order chi connectivity index (χ0) is 21.9. The van der Waals surface area contributed by atoms with Crippen LogP contribution in [0.3, 0.4) is 0 Å². The van der Waals surface area contributed by atoms with Crippen molar-refractivity contribution in [1.82, 2.24) is 0 Å². The SMILES string of the molecule is COc1cc(C=NN=C(N)SCc2ccccc2)ccc1OC(=O)Nc1ccccc1. The number of hydrogen-bond acceptors (Lipinski definition) is 6. The molecule has 0 saturated heterocycles. The maximum atomic E-state index is 12.1. The van der Waals surface area contributed by atoms with Crippen LogP contribution < -0.4 is 20.5 Å². The summed E-state index contributed by atoms with van der Waals surface area (Å²) in [4.78, 5) is 12.1. The Morgan fingerprint density at radius 1 is 1.03 bits per heavy atom. The lowest BCUT2D eigenvalue weighted by Gasteiger charge is -2.10. The number of nitrogens with two attached hydrogens (primary N) is 1. The highest BCUT2D eigenvalue weighted by molar-refractivity contribution is 8.13. The summed E-state index contributed by atoms with van der Waals surface area (Å²) in [5.74, 6) is 1.40. The molecule has 0 unspecified atom stereocenters. The van der Waals surface area contributed by atoms with Crippen LogP contribution in [0.2, 0.25) is 0 Å². The molecular formula is C23H22N4O3S. The van der Waals surface area contributed by atoms with Crippen molar-refractivity contribution < 1.29 is 14.3 Å².